The molecular formula is C10H12N2. The van der Waals surface area contributed by atoms with E-state index in [4.69, 9.17) is 0 Å². The maximum atomic E-state index is 3.35. The third-order valence-corrected chi connectivity index (χ3v) is 2.05. The third-order valence-electron chi connectivity index (χ3n) is 2.05. The summed E-state index contributed by atoms with van der Waals surface area (Å²) in [7, 11) is 1.94. The summed E-state index contributed by atoms with van der Waals surface area (Å²) in [6, 6.07) is 8.27. The van der Waals surface area contributed by atoms with Crippen molar-refractivity contribution in [1.29, 1.82) is 0 Å². The molecule has 2 N–H and O–H groups in total. The molecule has 1 atom stereocenters. The Morgan fingerprint density at radius 3 is 3.00 bits per heavy atom. The molecule has 1 unspecified atom stereocenters. The SMILES string of the molecule is CNC1C=Cc2ccccc2N1. The Balaban J connectivity index is 2.33. The van der Waals surface area contributed by atoms with E-state index in [-0.39, 0.29) is 6.17 Å². The lowest BCUT2D eigenvalue weighted by atomic mass is 10.1. The molecule has 2 heteroatoms. The zero-order valence-electron chi connectivity index (χ0n) is 7.04. The summed E-state index contributed by atoms with van der Waals surface area (Å²) < 4.78 is 0. The molecule has 1 aromatic carbocycles. The van der Waals surface area contributed by atoms with Gasteiger partial charge in [0.2, 0.25) is 0 Å². The van der Waals surface area contributed by atoms with E-state index in [0.29, 0.717) is 0 Å². The highest BCUT2D eigenvalue weighted by atomic mass is 15.1. The molecule has 0 spiro atoms. The van der Waals surface area contributed by atoms with Crippen molar-refractivity contribution in [3.8, 4) is 0 Å². The number of benzene rings is 1. The van der Waals surface area contributed by atoms with Crippen LogP contribution in [0.5, 0.6) is 0 Å². The van der Waals surface area contributed by atoms with Crippen molar-refractivity contribution >= 4 is 11.8 Å². The Morgan fingerprint density at radius 1 is 1.33 bits per heavy atom. The van der Waals surface area contributed by atoms with Gasteiger partial charge in [0.05, 0.1) is 6.17 Å². The van der Waals surface area contributed by atoms with Gasteiger partial charge in [0.1, 0.15) is 0 Å². The van der Waals surface area contributed by atoms with Crippen LogP contribution in [0.3, 0.4) is 0 Å². The van der Waals surface area contributed by atoms with E-state index >= 15 is 0 Å². The molecule has 0 aliphatic carbocycles. The maximum Gasteiger partial charge on any atom is 0.0961 e. The number of para-hydroxylation sites is 1. The highest BCUT2D eigenvalue weighted by Crippen LogP contribution is 2.20. The largest absolute Gasteiger partial charge is 0.366 e. The van der Waals surface area contributed by atoms with Crippen LogP contribution in [0.1, 0.15) is 5.56 Å². The first kappa shape index (κ1) is 7.37. The van der Waals surface area contributed by atoms with Gasteiger partial charge in [0, 0.05) is 5.69 Å². The molecule has 12 heavy (non-hydrogen) atoms. The normalized spacial score (nSPS) is 19.9. The second kappa shape index (κ2) is 2.99. The molecule has 2 rings (SSSR count). The minimum Gasteiger partial charge on any atom is -0.366 e. The van der Waals surface area contributed by atoms with Crippen LogP contribution in [0.15, 0.2) is 30.3 Å². The molecule has 1 heterocycles. The molecule has 0 saturated heterocycles. The molecular weight excluding hydrogens is 148 g/mol. The van der Waals surface area contributed by atoms with E-state index < -0.39 is 0 Å². The summed E-state index contributed by atoms with van der Waals surface area (Å²) in [5.41, 5.74) is 2.45. The number of hydrogen-bond acceptors (Lipinski definition) is 2. The highest BCUT2D eigenvalue weighted by Gasteiger charge is 2.08. The van der Waals surface area contributed by atoms with Gasteiger partial charge in [-0.15, -0.1) is 0 Å². The highest BCUT2D eigenvalue weighted by molar-refractivity contribution is 5.70. The molecule has 0 saturated carbocycles. The zero-order valence-corrected chi connectivity index (χ0v) is 7.04. The van der Waals surface area contributed by atoms with E-state index in [0.717, 1.165) is 0 Å². The summed E-state index contributed by atoms with van der Waals surface area (Å²) >= 11 is 0. The van der Waals surface area contributed by atoms with Gasteiger partial charge in [-0.05, 0) is 24.8 Å². The van der Waals surface area contributed by atoms with Crippen molar-refractivity contribution in [3.05, 3.63) is 35.9 Å². The lowest BCUT2D eigenvalue weighted by Gasteiger charge is -2.21. The summed E-state index contributed by atoms with van der Waals surface area (Å²) in [6.07, 6.45) is 4.51. The maximum absolute atomic E-state index is 3.35. The van der Waals surface area contributed by atoms with E-state index in [1.54, 1.807) is 0 Å². The standard InChI is InChI=1S/C10H12N2/c1-11-10-7-6-8-4-2-3-5-9(8)12-10/h2-7,10-12H,1H3. The number of anilines is 1. The van der Waals surface area contributed by atoms with Gasteiger partial charge >= 0.3 is 0 Å². The average molecular weight is 160 g/mol. The van der Waals surface area contributed by atoms with Gasteiger partial charge < -0.3 is 5.32 Å². The molecule has 1 aliphatic rings. The minimum absolute atomic E-state index is 0.264. The predicted octanol–water partition coefficient (Wildman–Crippen LogP) is 1.67. The van der Waals surface area contributed by atoms with Gasteiger partial charge in [-0.3, -0.25) is 5.32 Å². The van der Waals surface area contributed by atoms with Crippen LogP contribution in [0, 0.1) is 0 Å². The number of likely N-dealkylation sites (N-methyl/N-ethyl adjacent to an activating group) is 1. The Hall–Kier alpha value is -1.28. The topological polar surface area (TPSA) is 24.1 Å². The zero-order chi connectivity index (χ0) is 8.39. The lowest BCUT2D eigenvalue weighted by Crippen LogP contribution is -2.32. The second-order valence-corrected chi connectivity index (χ2v) is 2.86. The predicted molar refractivity (Wildman–Crippen MR) is 51.9 cm³/mol. The van der Waals surface area contributed by atoms with Crippen LogP contribution >= 0.6 is 0 Å². The van der Waals surface area contributed by atoms with Gasteiger partial charge in [-0.25, -0.2) is 0 Å². The fraction of sp³-hybridized carbons (Fsp3) is 0.200. The van der Waals surface area contributed by atoms with Crippen LogP contribution in [-0.2, 0) is 0 Å². The average Bonchev–Trinajstić information content (AvgIpc) is 2.17. The molecule has 0 aromatic heterocycles. The fourth-order valence-electron chi connectivity index (χ4n) is 1.36. The molecule has 0 amide bonds. The first-order valence-electron chi connectivity index (χ1n) is 4.11. The Kier molecular flexibility index (Phi) is 1.84. The van der Waals surface area contributed by atoms with Crippen LogP contribution < -0.4 is 10.6 Å². The Labute approximate surface area is 72.3 Å². The quantitative estimate of drug-likeness (QED) is 0.653. The van der Waals surface area contributed by atoms with Crippen LogP contribution in [-0.4, -0.2) is 13.2 Å². The molecule has 0 fully saturated rings. The van der Waals surface area contributed by atoms with E-state index in [2.05, 4.69) is 34.9 Å². The molecule has 62 valence electrons. The summed E-state index contributed by atoms with van der Waals surface area (Å²) in [4.78, 5) is 0. The van der Waals surface area contributed by atoms with Crippen molar-refractivity contribution in [3.63, 3.8) is 0 Å². The van der Waals surface area contributed by atoms with Crippen LogP contribution in [0.2, 0.25) is 0 Å². The number of hydrogen-bond donors (Lipinski definition) is 2. The van der Waals surface area contributed by atoms with Crippen LogP contribution in [0.4, 0.5) is 5.69 Å². The van der Waals surface area contributed by atoms with Crippen molar-refractivity contribution in [1.82, 2.24) is 5.32 Å². The second-order valence-electron chi connectivity index (χ2n) is 2.86. The van der Waals surface area contributed by atoms with E-state index in [1.165, 1.54) is 11.3 Å². The smallest absolute Gasteiger partial charge is 0.0961 e. The van der Waals surface area contributed by atoms with Crippen molar-refractivity contribution < 1.29 is 0 Å². The Bertz CT molecular complexity index is 304. The minimum atomic E-state index is 0.264. The molecule has 1 aromatic rings. The fourth-order valence-corrected chi connectivity index (χ4v) is 1.36. The van der Waals surface area contributed by atoms with Gasteiger partial charge in [0.25, 0.3) is 0 Å². The van der Waals surface area contributed by atoms with Crippen LogP contribution in [0.25, 0.3) is 6.08 Å². The van der Waals surface area contributed by atoms with Gasteiger partial charge in [-0.2, -0.15) is 0 Å². The third kappa shape index (κ3) is 1.21. The van der Waals surface area contributed by atoms with Gasteiger partial charge in [0.15, 0.2) is 0 Å². The number of fused-ring (bicyclic) bond motifs is 1. The van der Waals surface area contributed by atoms with Crippen molar-refractivity contribution in [2.75, 3.05) is 12.4 Å². The summed E-state index contributed by atoms with van der Waals surface area (Å²) in [6.45, 7) is 0. The number of nitrogens with one attached hydrogen (secondary N) is 2. The Morgan fingerprint density at radius 2 is 2.17 bits per heavy atom. The monoisotopic (exact) mass is 160 g/mol. The summed E-state index contributed by atoms with van der Waals surface area (Å²) in [5.74, 6) is 0. The van der Waals surface area contributed by atoms with E-state index in [9.17, 15) is 0 Å². The lowest BCUT2D eigenvalue weighted by molar-refractivity contribution is 0.741. The first-order valence-corrected chi connectivity index (χ1v) is 4.11. The molecule has 1 aliphatic heterocycles. The molecule has 0 bridgehead atoms. The number of rotatable bonds is 1. The van der Waals surface area contributed by atoms with E-state index in [1.807, 2.05) is 19.2 Å². The molecule has 0 radical (unpaired) electrons. The van der Waals surface area contributed by atoms with Gasteiger partial charge in [-0.1, -0.05) is 24.3 Å². The van der Waals surface area contributed by atoms with Crippen molar-refractivity contribution in [2.24, 2.45) is 0 Å². The van der Waals surface area contributed by atoms with Crippen molar-refractivity contribution in [2.45, 2.75) is 6.17 Å². The molecule has 2 nitrogen and oxygen atoms in total. The first-order chi connectivity index (χ1) is 5.90. The summed E-state index contributed by atoms with van der Waals surface area (Å²) in [5, 5.41) is 6.50.